The summed E-state index contributed by atoms with van der Waals surface area (Å²) in [6.07, 6.45) is 0. The molecule has 0 aliphatic heterocycles. The number of ether oxygens (including phenoxy) is 2. The summed E-state index contributed by atoms with van der Waals surface area (Å²) in [4.78, 5) is 24.7. The Labute approximate surface area is 159 Å². The minimum atomic E-state index is -1.14. The molecule has 0 amide bonds. The van der Waals surface area contributed by atoms with E-state index in [1.807, 2.05) is 27.7 Å². The third kappa shape index (κ3) is 6.69. The molecule has 0 aromatic carbocycles. The van der Waals surface area contributed by atoms with Gasteiger partial charge in [0, 0.05) is 11.8 Å². The Hall–Kier alpha value is -1.46. The second-order valence-electron chi connectivity index (χ2n) is 9.90. The van der Waals surface area contributed by atoms with Gasteiger partial charge in [-0.2, -0.15) is 0 Å². The molecule has 6 nitrogen and oxygen atoms in total. The monoisotopic (exact) mass is 370 g/mol. The molecule has 2 atom stereocenters. The van der Waals surface area contributed by atoms with Gasteiger partial charge in [0.2, 0.25) is 11.4 Å². The van der Waals surface area contributed by atoms with E-state index in [1.54, 1.807) is 55.4 Å². The van der Waals surface area contributed by atoms with Gasteiger partial charge in [-0.05, 0) is 55.4 Å². The van der Waals surface area contributed by atoms with Crippen molar-refractivity contribution >= 4 is 11.9 Å². The first-order valence-corrected chi connectivity index (χ1v) is 9.26. The number of esters is 2. The quantitative estimate of drug-likeness (QED) is 0.465. The number of hydrogen-bond donors (Lipinski definition) is 0. The van der Waals surface area contributed by atoms with E-state index in [2.05, 4.69) is 10.2 Å². The summed E-state index contributed by atoms with van der Waals surface area (Å²) in [7, 11) is 0. The van der Waals surface area contributed by atoms with Crippen LogP contribution >= 0.6 is 0 Å². The lowest BCUT2D eigenvalue weighted by atomic mass is 9.95. The van der Waals surface area contributed by atoms with Gasteiger partial charge < -0.3 is 9.47 Å². The molecular weight excluding hydrogens is 332 g/mol. The van der Waals surface area contributed by atoms with Crippen molar-refractivity contribution in [2.24, 2.45) is 32.9 Å². The lowest BCUT2D eigenvalue weighted by Gasteiger charge is -2.34. The first kappa shape index (κ1) is 24.5. The molecule has 0 spiro atoms. The maximum absolute atomic E-state index is 12.3. The highest BCUT2D eigenvalue weighted by Crippen LogP contribution is 2.33. The molecule has 0 rings (SSSR count). The zero-order valence-corrected chi connectivity index (χ0v) is 18.7. The van der Waals surface area contributed by atoms with Crippen LogP contribution in [-0.4, -0.2) is 23.4 Å². The number of rotatable bonds is 6. The van der Waals surface area contributed by atoms with E-state index in [0.29, 0.717) is 0 Å². The first-order valence-electron chi connectivity index (χ1n) is 9.26. The fourth-order valence-electron chi connectivity index (χ4n) is 1.39. The Morgan fingerprint density at radius 3 is 1.00 bits per heavy atom. The van der Waals surface area contributed by atoms with Gasteiger partial charge in [0.1, 0.15) is 0 Å². The first-order chi connectivity index (χ1) is 11.3. The maximum atomic E-state index is 12.3. The third-order valence-corrected chi connectivity index (χ3v) is 4.41. The molecule has 26 heavy (non-hydrogen) atoms. The van der Waals surface area contributed by atoms with Gasteiger partial charge in [-0.15, -0.1) is 10.2 Å². The highest BCUT2D eigenvalue weighted by molar-refractivity contribution is 5.76. The molecule has 6 heteroatoms. The second kappa shape index (κ2) is 8.05. The Bertz CT molecular complexity index is 493. The molecule has 0 heterocycles. The molecule has 0 saturated heterocycles. The molecule has 0 saturated carbocycles. The van der Waals surface area contributed by atoms with Crippen LogP contribution in [0.5, 0.6) is 0 Å². The molecule has 0 N–H and O–H groups in total. The maximum Gasteiger partial charge on any atom is 0.313 e. The zero-order chi connectivity index (χ0) is 21.1. The van der Waals surface area contributed by atoms with E-state index in [9.17, 15) is 9.59 Å². The van der Waals surface area contributed by atoms with Gasteiger partial charge in [0.25, 0.3) is 0 Å². The molecule has 0 bridgehead atoms. The van der Waals surface area contributed by atoms with E-state index < -0.39 is 22.3 Å². The molecule has 0 radical (unpaired) electrons. The lowest BCUT2D eigenvalue weighted by Crippen LogP contribution is -2.42. The van der Waals surface area contributed by atoms with Crippen molar-refractivity contribution in [1.82, 2.24) is 0 Å². The average Bonchev–Trinajstić information content (AvgIpc) is 2.42. The number of carbonyl (C=O) groups is 2. The van der Waals surface area contributed by atoms with E-state index in [0.717, 1.165) is 0 Å². The lowest BCUT2D eigenvalue weighted by molar-refractivity contribution is -0.178. The topological polar surface area (TPSA) is 77.3 Å². The van der Waals surface area contributed by atoms with Gasteiger partial charge in [-0.3, -0.25) is 9.59 Å². The number of nitrogens with zero attached hydrogens (tertiary/aromatic N) is 2. The fourth-order valence-corrected chi connectivity index (χ4v) is 1.39. The normalized spacial score (nSPS) is 17.9. The largest absolute Gasteiger partial charge is 0.435 e. The highest BCUT2D eigenvalue weighted by Gasteiger charge is 2.40. The van der Waals surface area contributed by atoms with Gasteiger partial charge in [0.05, 0.1) is 10.8 Å². The SMILES string of the molecule is CC(C)C(C)(N=NC(C)(OC(=O)C(C)(C)C)C(C)C)OC(=O)C(C)(C)C. The van der Waals surface area contributed by atoms with Crippen LogP contribution in [0.1, 0.15) is 83.1 Å². The Balaban J connectivity index is 5.72. The predicted molar refractivity (Wildman–Crippen MR) is 102 cm³/mol. The van der Waals surface area contributed by atoms with Crippen molar-refractivity contribution in [2.75, 3.05) is 0 Å². The smallest absolute Gasteiger partial charge is 0.313 e. The van der Waals surface area contributed by atoms with Crippen LogP contribution in [0.15, 0.2) is 10.2 Å². The van der Waals surface area contributed by atoms with Crippen molar-refractivity contribution in [3.63, 3.8) is 0 Å². The zero-order valence-electron chi connectivity index (χ0n) is 18.7. The summed E-state index contributed by atoms with van der Waals surface area (Å²) in [5.41, 5.74) is -3.58. The van der Waals surface area contributed by atoms with Crippen molar-refractivity contribution < 1.29 is 19.1 Å². The molecule has 152 valence electrons. The van der Waals surface area contributed by atoms with E-state index >= 15 is 0 Å². The molecule has 0 fully saturated rings. The van der Waals surface area contributed by atoms with Crippen molar-refractivity contribution in [3.05, 3.63) is 0 Å². The van der Waals surface area contributed by atoms with Crippen molar-refractivity contribution in [2.45, 2.75) is 94.5 Å². The summed E-state index contributed by atoms with van der Waals surface area (Å²) >= 11 is 0. The van der Waals surface area contributed by atoms with E-state index in [-0.39, 0.29) is 23.8 Å². The van der Waals surface area contributed by atoms with Gasteiger partial charge >= 0.3 is 11.9 Å². The van der Waals surface area contributed by atoms with Crippen LogP contribution < -0.4 is 0 Å². The summed E-state index contributed by atoms with van der Waals surface area (Å²) in [6, 6.07) is 0. The minimum Gasteiger partial charge on any atom is -0.435 e. The van der Waals surface area contributed by atoms with Gasteiger partial charge in [-0.25, -0.2) is 0 Å². The second-order valence-corrected chi connectivity index (χ2v) is 9.90. The van der Waals surface area contributed by atoms with E-state index in [4.69, 9.17) is 9.47 Å². The summed E-state index contributed by atoms with van der Waals surface area (Å²) < 4.78 is 11.3. The molecular formula is C20H38N2O4. The van der Waals surface area contributed by atoms with Gasteiger partial charge in [-0.1, -0.05) is 27.7 Å². The molecule has 0 aliphatic carbocycles. The fraction of sp³-hybridized carbons (Fsp3) is 0.900. The van der Waals surface area contributed by atoms with Crippen LogP contribution in [0, 0.1) is 22.7 Å². The molecule has 2 unspecified atom stereocenters. The molecule has 0 aromatic rings. The van der Waals surface area contributed by atoms with Crippen LogP contribution in [0.2, 0.25) is 0 Å². The number of carbonyl (C=O) groups excluding carboxylic acids is 2. The Morgan fingerprint density at radius 1 is 0.615 bits per heavy atom. The van der Waals surface area contributed by atoms with Crippen LogP contribution in [0.3, 0.4) is 0 Å². The van der Waals surface area contributed by atoms with E-state index in [1.165, 1.54) is 0 Å². The predicted octanol–water partition coefficient (Wildman–Crippen LogP) is 5.36. The molecule has 0 aromatic heterocycles. The van der Waals surface area contributed by atoms with Crippen LogP contribution in [0.25, 0.3) is 0 Å². The van der Waals surface area contributed by atoms with Crippen molar-refractivity contribution in [1.29, 1.82) is 0 Å². The average molecular weight is 371 g/mol. The summed E-state index contributed by atoms with van der Waals surface area (Å²) in [5.74, 6) is -0.921. The number of azo groups is 1. The Kier molecular flexibility index (Phi) is 7.60. The summed E-state index contributed by atoms with van der Waals surface area (Å²) in [5, 5.41) is 8.68. The minimum absolute atomic E-state index is 0.104. The molecule has 0 aliphatic rings. The summed E-state index contributed by atoms with van der Waals surface area (Å²) in [6.45, 7) is 21.8. The number of hydrogen-bond acceptors (Lipinski definition) is 6. The van der Waals surface area contributed by atoms with Crippen LogP contribution in [-0.2, 0) is 19.1 Å². The van der Waals surface area contributed by atoms with Crippen LogP contribution in [0.4, 0.5) is 0 Å². The standard InChI is InChI=1S/C20H38N2O4/c1-13(2)19(11,25-15(23)17(5,6)7)21-22-20(12,14(3)4)26-16(24)18(8,9)10/h13-14H,1-12H3. The highest BCUT2D eigenvalue weighted by atomic mass is 16.6. The van der Waals surface area contributed by atoms with Crippen molar-refractivity contribution in [3.8, 4) is 0 Å². The Morgan fingerprint density at radius 2 is 0.846 bits per heavy atom. The third-order valence-electron chi connectivity index (χ3n) is 4.41. The van der Waals surface area contributed by atoms with Gasteiger partial charge in [0.15, 0.2) is 0 Å².